The molecule has 0 atom stereocenters. The second-order valence-corrected chi connectivity index (χ2v) is 7.43. The zero-order chi connectivity index (χ0) is 16.7. The monoisotopic (exact) mass is 427 g/mol. The van der Waals surface area contributed by atoms with Crippen molar-refractivity contribution in [3.05, 3.63) is 74.9 Å². The van der Waals surface area contributed by atoms with Crippen molar-refractivity contribution in [2.24, 2.45) is 5.73 Å². The van der Waals surface area contributed by atoms with Crippen LogP contribution in [-0.4, -0.2) is 5.96 Å². The van der Waals surface area contributed by atoms with Crippen molar-refractivity contribution < 1.29 is 0 Å². The molecule has 0 spiro atoms. The molecular weight excluding hydrogens is 409 g/mol. The van der Waals surface area contributed by atoms with Gasteiger partial charge >= 0.3 is 0 Å². The van der Waals surface area contributed by atoms with Crippen LogP contribution in [0.15, 0.2) is 54.6 Å². The molecule has 0 saturated heterocycles. The van der Waals surface area contributed by atoms with E-state index in [0.29, 0.717) is 6.54 Å². The number of benzene rings is 3. The van der Waals surface area contributed by atoms with E-state index < -0.39 is 0 Å². The van der Waals surface area contributed by atoms with Crippen molar-refractivity contribution in [2.75, 3.05) is 4.90 Å². The van der Waals surface area contributed by atoms with E-state index in [4.69, 9.17) is 11.1 Å². The average Bonchev–Trinajstić information content (AvgIpc) is 3.00. The van der Waals surface area contributed by atoms with Crippen LogP contribution >= 0.6 is 22.6 Å². The zero-order valence-electron chi connectivity index (χ0n) is 13.2. The van der Waals surface area contributed by atoms with Gasteiger partial charge in [-0.1, -0.05) is 36.4 Å². The molecule has 4 rings (SSSR count). The molecule has 1 aliphatic carbocycles. The van der Waals surface area contributed by atoms with Crippen LogP contribution in [-0.2, 0) is 19.4 Å². The number of guanidine groups is 1. The molecule has 3 nitrogen and oxygen atoms in total. The molecule has 0 fully saturated rings. The summed E-state index contributed by atoms with van der Waals surface area (Å²) in [6.45, 7) is 0.602. The average molecular weight is 427 g/mol. The Morgan fingerprint density at radius 1 is 1.00 bits per heavy atom. The third-order valence-electron chi connectivity index (χ3n) is 4.69. The topological polar surface area (TPSA) is 53.1 Å². The predicted octanol–water partition coefficient (Wildman–Crippen LogP) is 4.44. The lowest BCUT2D eigenvalue weighted by Gasteiger charge is -2.25. The van der Waals surface area contributed by atoms with Crippen LogP contribution in [0.25, 0.3) is 10.8 Å². The van der Waals surface area contributed by atoms with Crippen molar-refractivity contribution in [3.8, 4) is 0 Å². The summed E-state index contributed by atoms with van der Waals surface area (Å²) in [5.74, 6) is 0.0762. The smallest absolute Gasteiger partial charge is 0.193 e. The molecule has 1 aliphatic rings. The van der Waals surface area contributed by atoms with Gasteiger partial charge in [-0.25, -0.2) is 0 Å². The molecule has 24 heavy (non-hydrogen) atoms. The Labute approximate surface area is 155 Å². The van der Waals surface area contributed by atoms with Crippen LogP contribution in [0.2, 0.25) is 0 Å². The van der Waals surface area contributed by atoms with Crippen LogP contribution < -0.4 is 10.6 Å². The first-order chi connectivity index (χ1) is 11.6. The van der Waals surface area contributed by atoms with Crippen LogP contribution in [0.3, 0.4) is 0 Å². The molecule has 0 radical (unpaired) electrons. The number of halogens is 1. The largest absolute Gasteiger partial charge is 0.370 e. The Balaban J connectivity index is 1.81. The van der Waals surface area contributed by atoms with Gasteiger partial charge in [0.1, 0.15) is 0 Å². The molecule has 3 N–H and O–H groups in total. The van der Waals surface area contributed by atoms with Crippen LogP contribution in [0, 0.1) is 8.98 Å². The first-order valence-electron chi connectivity index (χ1n) is 8.03. The van der Waals surface area contributed by atoms with E-state index in [-0.39, 0.29) is 5.96 Å². The quantitative estimate of drug-likeness (QED) is 0.369. The van der Waals surface area contributed by atoms with E-state index in [0.717, 1.165) is 24.1 Å². The number of aryl methyl sites for hydroxylation is 2. The molecule has 3 aromatic rings. The molecule has 0 saturated carbocycles. The van der Waals surface area contributed by atoms with Gasteiger partial charge in [0.2, 0.25) is 0 Å². The minimum atomic E-state index is 0.0762. The van der Waals surface area contributed by atoms with Gasteiger partial charge in [-0.3, -0.25) is 5.41 Å². The highest BCUT2D eigenvalue weighted by Crippen LogP contribution is 2.37. The van der Waals surface area contributed by atoms with Gasteiger partial charge in [-0.15, -0.1) is 0 Å². The highest BCUT2D eigenvalue weighted by Gasteiger charge is 2.19. The van der Waals surface area contributed by atoms with E-state index in [2.05, 4.69) is 77.2 Å². The molecule has 0 heterocycles. The van der Waals surface area contributed by atoms with Gasteiger partial charge < -0.3 is 10.6 Å². The lowest BCUT2D eigenvalue weighted by molar-refractivity contribution is 0.988. The summed E-state index contributed by atoms with van der Waals surface area (Å²) in [7, 11) is 0. The lowest BCUT2D eigenvalue weighted by atomic mass is 10.0. The molecule has 0 amide bonds. The van der Waals surface area contributed by atoms with Crippen molar-refractivity contribution in [1.29, 1.82) is 5.41 Å². The number of hydrogen-bond acceptors (Lipinski definition) is 1. The minimum Gasteiger partial charge on any atom is -0.370 e. The second kappa shape index (κ2) is 6.09. The number of nitrogens with one attached hydrogen (secondary N) is 1. The lowest BCUT2D eigenvalue weighted by Crippen LogP contribution is -2.36. The van der Waals surface area contributed by atoms with Crippen molar-refractivity contribution in [3.63, 3.8) is 0 Å². The highest BCUT2D eigenvalue weighted by atomic mass is 127. The summed E-state index contributed by atoms with van der Waals surface area (Å²) in [5.41, 5.74) is 10.9. The molecule has 120 valence electrons. The van der Waals surface area contributed by atoms with Crippen LogP contribution in [0.1, 0.15) is 16.7 Å². The number of nitrogens with two attached hydrogens (primary N) is 1. The second-order valence-electron chi connectivity index (χ2n) is 6.18. The summed E-state index contributed by atoms with van der Waals surface area (Å²) in [5, 5.41) is 10.6. The molecule has 0 aliphatic heterocycles. The Kier molecular flexibility index (Phi) is 3.92. The SMILES string of the molecule is N=C(N)N(Cc1ccc(I)cc1)c1ccc2c3c(cccc13)CC2. The number of nitrogens with zero attached hydrogens (tertiary/aromatic N) is 1. The summed E-state index contributed by atoms with van der Waals surface area (Å²) < 4.78 is 1.20. The molecule has 0 unspecified atom stereocenters. The summed E-state index contributed by atoms with van der Waals surface area (Å²) >= 11 is 2.30. The summed E-state index contributed by atoms with van der Waals surface area (Å²) in [6.07, 6.45) is 2.21. The van der Waals surface area contributed by atoms with Gasteiger partial charge in [0.05, 0.1) is 12.2 Å². The van der Waals surface area contributed by atoms with Gasteiger partial charge in [-0.2, -0.15) is 0 Å². The third kappa shape index (κ3) is 2.65. The standard InChI is InChI=1S/C20H18IN3/c21-16-9-4-13(5-10-16)12-24(20(22)23)18-11-8-15-7-6-14-2-1-3-17(18)19(14)15/h1-5,8-11H,6-7,12H2,(H3,22,23). The molecule has 4 heteroatoms. The first-order valence-corrected chi connectivity index (χ1v) is 9.11. The van der Waals surface area contributed by atoms with E-state index >= 15 is 0 Å². The highest BCUT2D eigenvalue weighted by molar-refractivity contribution is 14.1. The molecular formula is C20H18IN3. The predicted molar refractivity (Wildman–Crippen MR) is 109 cm³/mol. The van der Waals surface area contributed by atoms with Crippen molar-refractivity contribution in [1.82, 2.24) is 0 Å². The van der Waals surface area contributed by atoms with Crippen LogP contribution in [0.4, 0.5) is 5.69 Å². The van der Waals surface area contributed by atoms with Crippen molar-refractivity contribution in [2.45, 2.75) is 19.4 Å². The van der Waals surface area contributed by atoms with Gasteiger partial charge in [0.15, 0.2) is 5.96 Å². The zero-order valence-corrected chi connectivity index (χ0v) is 15.4. The number of anilines is 1. The molecule has 0 bridgehead atoms. The minimum absolute atomic E-state index is 0.0762. The molecule has 3 aromatic carbocycles. The fourth-order valence-electron chi connectivity index (χ4n) is 3.54. The number of hydrogen-bond donors (Lipinski definition) is 2. The third-order valence-corrected chi connectivity index (χ3v) is 5.41. The van der Waals surface area contributed by atoms with E-state index in [9.17, 15) is 0 Å². The molecule has 0 aromatic heterocycles. The Morgan fingerprint density at radius 2 is 1.71 bits per heavy atom. The maximum atomic E-state index is 8.08. The first kappa shape index (κ1) is 15.4. The van der Waals surface area contributed by atoms with Crippen molar-refractivity contribution >= 4 is 45.0 Å². The number of rotatable bonds is 3. The van der Waals surface area contributed by atoms with E-state index in [1.165, 1.54) is 25.5 Å². The fraction of sp³-hybridized carbons (Fsp3) is 0.150. The Bertz CT molecular complexity index is 921. The van der Waals surface area contributed by atoms with Gasteiger partial charge in [0, 0.05) is 8.96 Å². The maximum absolute atomic E-state index is 8.08. The Morgan fingerprint density at radius 3 is 2.42 bits per heavy atom. The van der Waals surface area contributed by atoms with E-state index in [1.807, 2.05) is 4.90 Å². The maximum Gasteiger partial charge on any atom is 0.193 e. The van der Waals surface area contributed by atoms with Gasteiger partial charge in [0.25, 0.3) is 0 Å². The normalized spacial score (nSPS) is 12.5. The van der Waals surface area contributed by atoms with Gasteiger partial charge in [-0.05, 0) is 75.7 Å². The summed E-state index contributed by atoms with van der Waals surface area (Å²) in [6, 6.07) is 19.1. The fourth-order valence-corrected chi connectivity index (χ4v) is 3.90. The van der Waals surface area contributed by atoms with Crippen LogP contribution in [0.5, 0.6) is 0 Å². The van der Waals surface area contributed by atoms with E-state index in [1.54, 1.807) is 0 Å². The Hall–Kier alpha value is -2.08. The summed E-state index contributed by atoms with van der Waals surface area (Å²) in [4.78, 5) is 1.89.